The second-order valence-electron chi connectivity index (χ2n) is 4.18. The number of carbonyl (C=O) groups is 1. The SMILES string of the molecule is COc1ccc(Br)c(C(=O)Cc2ccc(Cl)cc2Cl)c1. The highest BCUT2D eigenvalue weighted by Gasteiger charge is 2.14. The molecule has 0 heterocycles. The zero-order valence-corrected chi connectivity index (χ0v) is 13.7. The van der Waals surface area contributed by atoms with Gasteiger partial charge in [0.05, 0.1) is 7.11 Å². The van der Waals surface area contributed by atoms with Gasteiger partial charge in [0.2, 0.25) is 0 Å². The van der Waals surface area contributed by atoms with E-state index in [1.807, 2.05) is 0 Å². The van der Waals surface area contributed by atoms with Gasteiger partial charge in [-0.05, 0) is 35.9 Å². The van der Waals surface area contributed by atoms with Crippen molar-refractivity contribution in [3.63, 3.8) is 0 Å². The summed E-state index contributed by atoms with van der Waals surface area (Å²) >= 11 is 15.3. The van der Waals surface area contributed by atoms with Gasteiger partial charge in [-0.1, -0.05) is 45.2 Å². The lowest BCUT2D eigenvalue weighted by atomic mass is 10.0. The van der Waals surface area contributed by atoms with Gasteiger partial charge < -0.3 is 4.74 Å². The molecule has 0 fully saturated rings. The topological polar surface area (TPSA) is 26.3 Å². The zero-order chi connectivity index (χ0) is 14.7. The van der Waals surface area contributed by atoms with Gasteiger partial charge in [-0.2, -0.15) is 0 Å². The van der Waals surface area contributed by atoms with Crippen molar-refractivity contribution in [1.29, 1.82) is 0 Å². The van der Waals surface area contributed by atoms with Gasteiger partial charge in [-0.15, -0.1) is 0 Å². The summed E-state index contributed by atoms with van der Waals surface area (Å²) in [6.07, 6.45) is 0.210. The molecule has 0 N–H and O–H groups in total. The van der Waals surface area contributed by atoms with Gasteiger partial charge in [0, 0.05) is 26.5 Å². The van der Waals surface area contributed by atoms with Crippen LogP contribution >= 0.6 is 39.1 Å². The van der Waals surface area contributed by atoms with Crippen LogP contribution in [0.1, 0.15) is 15.9 Å². The van der Waals surface area contributed by atoms with Crippen molar-refractivity contribution in [3.05, 3.63) is 62.0 Å². The van der Waals surface area contributed by atoms with Crippen LogP contribution in [0.15, 0.2) is 40.9 Å². The fraction of sp³-hybridized carbons (Fsp3) is 0.133. The quantitative estimate of drug-likeness (QED) is 0.689. The van der Waals surface area contributed by atoms with Crippen LogP contribution < -0.4 is 4.74 Å². The molecule has 0 saturated carbocycles. The molecule has 0 bridgehead atoms. The van der Waals surface area contributed by atoms with E-state index >= 15 is 0 Å². The molecule has 2 aromatic rings. The first-order valence-electron chi connectivity index (χ1n) is 5.82. The second kappa shape index (κ2) is 6.61. The molecule has 0 aliphatic rings. The van der Waals surface area contributed by atoms with Gasteiger partial charge >= 0.3 is 0 Å². The van der Waals surface area contributed by atoms with E-state index in [2.05, 4.69) is 15.9 Å². The summed E-state index contributed by atoms with van der Waals surface area (Å²) in [5.74, 6) is 0.596. The molecule has 0 aromatic heterocycles. The standard InChI is InChI=1S/C15H11BrCl2O2/c1-20-11-4-5-13(16)12(8-11)15(19)6-9-2-3-10(17)7-14(9)18/h2-5,7-8H,6H2,1H3. The summed E-state index contributed by atoms with van der Waals surface area (Å²) in [5.41, 5.74) is 1.31. The Morgan fingerprint density at radius 3 is 2.60 bits per heavy atom. The summed E-state index contributed by atoms with van der Waals surface area (Å²) in [5, 5.41) is 1.04. The zero-order valence-electron chi connectivity index (χ0n) is 10.6. The van der Waals surface area contributed by atoms with Gasteiger partial charge in [0.15, 0.2) is 5.78 Å². The Labute approximate surface area is 135 Å². The average molecular weight is 374 g/mol. The maximum atomic E-state index is 12.4. The number of halogens is 3. The third-order valence-corrected chi connectivity index (χ3v) is 4.12. The number of methoxy groups -OCH3 is 1. The van der Waals surface area contributed by atoms with Crippen LogP contribution in [0, 0.1) is 0 Å². The third-order valence-electron chi connectivity index (χ3n) is 2.84. The molecule has 2 nitrogen and oxygen atoms in total. The lowest BCUT2D eigenvalue weighted by molar-refractivity contribution is 0.0992. The van der Waals surface area contributed by atoms with Crippen LogP contribution in [0.4, 0.5) is 0 Å². The first kappa shape index (κ1) is 15.4. The van der Waals surface area contributed by atoms with Crippen LogP contribution in [0.3, 0.4) is 0 Å². The first-order chi connectivity index (χ1) is 9.51. The number of benzene rings is 2. The molecule has 5 heteroatoms. The number of hydrogen-bond donors (Lipinski definition) is 0. The number of hydrogen-bond acceptors (Lipinski definition) is 2. The Morgan fingerprint density at radius 2 is 1.95 bits per heavy atom. The Hall–Kier alpha value is -1.03. The highest BCUT2D eigenvalue weighted by atomic mass is 79.9. The van der Waals surface area contributed by atoms with E-state index in [-0.39, 0.29) is 12.2 Å². The minimum absolute atomic E-state index is 0.0417. The van der Waals surface area contributed by atoms with E-state index in [1.54, 1.807) is 43.5 Å². The van der Waals surface area contributed by atoms with Crippen molar-refractivity contribution in [2.75, 3.05) is 7.11 Å². The Kier molecular flexibility index (Phi) is 5.08. The number of ketones is 1. The molecule has 0 unspecified atom stereocenters. The lowest BCUT2D eigenvalue weighted by Gasteiger charge is -2.08. The predicted molar refractivity (Wildman–Crippen MR) is 85.2 cm³/mol. The van der Waals surface area contributed by atoms with Crippen molar-refractivity contribution in [2.45, 2.75) is 6.42 Å². The Morgan fingerprint density at radius 1 is 1.20 bits per heavy atom. The lowest BCUT2D eigenvalue weighted by Crippen LogP contribution is -2.05. The smallest absolute Gasteiger partial charge is 0.168 e. The van der Waals surface area contributed by atoms with E-state index in [0.29, 0.717) is 21.4 Å². The number of carbonyl (C=O) groups excluding carboxylic acids is 1. The monoisotopic (exact) mass is 372 g/mol. The van der Waals surface area contributed by atoms with Gasteiger partial charge in [-0.3, -0.25) is 4.79 Å². The van der Waals surface area contributed by atoms with Crippen molar-refractivity contribution in [1.82, 2.24) is 0 Å². The molecule has 0 spiro atoms. The minimum atomic E-state index is -0.0417. The van der Waals surface area contributed by atoms with E-state index in [0.717, 1.165) is 10.0 Å². The van der Waals surface area contributed by atoms with E-state index in [9.17, 15) is 4.79 Å². The fourth-order valence-electron chi connectivity index (χ4n) is 1.78. The summed E-state index contributed by atoms with van der Waals surface area (Å²) in [6.45, 7) is 0. The number of Topliss-reactive ketones (excluding diaryl/α,β-unsaturated/α-hetero) is 1. The summed E-state index contributed by atoms with van der Waals surface area (Å²) < 4.78 is 5.86. The highest BCUT2D eigenvalue weighted by molar-refractivity contribution is 9.10. The van der Waals surface area contributed by atoms with Crippen LogP contribution in [0.2, 0.25) is 10.0 Å². The van der Waals surface area contributed by atoms with Crippen molar-refractivity contribution in [2.24, 2.45) is 0 Å². The first-order valence-corrected chi connectivity index (χ1v) is 7.37. The molecule has 0 saturated heterocycles. The number of rotatable bonds is 4. The molecule has 0 radical (unpaired) electrons. The van der Waals surface area contributed by atoms with E-state index < -0.39 is 0 Å². The molecule has 0 aliphatic heterocycles. The van der Waals surface area contributed by atoms with Gasteiger partial charge in [0.25, 0.3) is 0 Å². The van der Waals surface area contributed by atoms with Crippen LogP contribution in [0.5, 0.6) is 5.75 Å². The molecular formula is C15H11BrCl2O2. The molecule has 2 aromatic carbocycles. The van der Waals surface area contributed by atoms with Gasteiger partial charge in [-0.25, -0.2) is 0 Å². The molecular weight excluding hydrogens is 363 g/mol. The van der Waals surface area contributed by atoms with E-state index in [4.69, 9.17) is 27.9 Å². The van der Waals surface area contributed by atoms with Crippen LogP contribution in [-0.4, -0.2) is 12.9 Å². The summed E-state index contributed by atoms with van der Waals surface area (Å²) in [6, 6.07) is 10.4. The molecule has 0 aliphatic carbocycles. The molecule has 0 amide bonds. The highest BCUT2D eigenvalue weighted by Crippen LogP contribution is 2.26. The normalized spacial score (nSPS) is 10.4. The minimum Gasteiger partial charge on any atom is -0.497 e. The third kappa shape index (κ3) is 3.54. The summed E-state index contributed by atoms with van der Waals surface area (Å²) in [7, 11) is 1.56. The van der Waals surface area contributed by atoms with Crippen molar-refractivity contribution < 1.29 is 9.53 Å². The second-order valence-corrected chi connectivity index (χ2v) is 5.88. The molecule has 0 atom stereocenters. The molecule has 2 rings (SSSR count). The van der Waals surface area contributed by atoms with Crippen LogP contribution in [-0.2, 0) is 6.42 Å². The Balaban J connectivity index is 2.28. The number of ether oxygens (including phenoxy) is 1. The summed E-state index contributed by atoms with van der Waals surface area (Å²) in [4.78, 5) is 12.4. The van der Waals surface area contributed by atoms with E-state index in [1.165, 1.54) is 0 Å². The van der Waals surface area contributed by atoms with Crippen molar-refractivity contribution in [3.8, 4) is 5.75 Å². The largest absolute Gasteiger partial charge is 0.497 e. The molecule has 104 valence electrons. The maximum Gasteiger partial charge on any atom is 0.168 e. The maximum absolute atomic E-state index is 12.4. The Bertz CT molecular complexity index is 656. The van der Waals surface area contributed by atoms with Crippen LogP contribution in [0.25, 0.3) is 0 Å². The molecule has 20 heavy (non-hydrogen) atoms. The van der Waals surface area contributed by atoms with Crippen molar-refractivity contribution >= 4 is 44.9 Å². The average Bonchev–Trinajstić information content (AvgIpc) is 2.42. The predicted octanol–water partition coefficient (Wildman–Crippen LogP) is 5.19. The van der Waals surface area contributed by atoms with Gasteiger partial charge in [0.1, 0.15) is 5.75 Å². The fourth-order valence-corrected chi connectivity index (χ4v) is 2.72.